The number of aliphatic hydroxyl groups is 1. The highest BCUT2D eigenvalue weighted by molar-refractivity contribution is 6.43. The van der Waals surface area contributed by atoms with Crippen LogP contribution in [-0.2, 0) is 4.74 Å². The summed E-state index contributed by atoms with van der Waals surface area (Å²) in [6.07, 6.45) is 1.20. The normalized spacial score (nSPS) is 10.3. The number of halogens is 2. The number of carbonyl (C=O) groups is 1. The molecule has 0 amide bonds. The Hall–Kier alpha value is -0.970. The molecule has 0 heterocycles. The molecule has 0 aliphatic carbocycles. The summed E-state index contributed by atoms with van der Waals surface area (Å²) >= 11 is 11.6. The number of esters is 1. The fourth-order valence-corrected chi connectivity index (χ4v) is 1.53. The van der Waals surface area contributed by atoms with Gasteiger partial charge in [0.15, 0.2) is 0 Å². The zero-order valence-electron chi connectivity index (χ0n) is 9.08. The molecule has 1 aromatic carbocycles. The van der Waals surface area contributed by atoms with Crippen LogP contribution in [-0.4, -0.2) is 24.3 Å². The molecule has 0 aromatic heterocycles. The largest absolute Gasteiger partial charge is 0.462 e. The topological polar surface area (TPSA) is 72.6 Å². The van der Waals surface area contributed by atoms with Crippen LogP contribution in [0.5, 0.6) is 0 Å². The average molecular weight is 278 g/mol. The van der Waals surface area contributed by atoms with Gasteiger partial charge in [0.05, 0.1) is 27.9 Å². The summed E-state index contributed by atoms with van der Waals surface area (Å²) in [5.74, 6) is -0.506. The van der Waals surface area contributed by atoms with E-state index in [1.54, 1.807) is 0 Å². The van der Waals surface area contributed by atoms with Gasteiger partial charge in [-0.1, -0.05) is 23.2 Å². The average Bonchev–Trinajstić information content (AvgIpc) is 2.30. The van der Waals surface area contributed by atoms with Crippen LogP contribution >= 0.6 is 23.2 Å². The van der Waals surface area contributed by atoms with Crippen molar-refractivity contribution in [2.75, 3.05) is 18.9 Å². The van der Waals surface area contributed by atoms with Crippen molar-refractivity contribution >= 4 is 34.9 Å². The highest BCUT2D eigenvalue weighted by Crippen LogP contribution is 2.29. The Morgan fingerprint density at radius 1 is 1.35 bits per heavy atom. The first-order valence-corrected chi connectivity index (χ1v) is 5.84. The SMILES string of the molecule is Nc1cc(C(=O)OCCCCO)cc(Cl)c1Cl. The lowest BCUT2D eigenvalue weighted by Crippen LogP contribution is -2.07. The number of hydrogen-bond donors (Lipinski definition) is 2. The van der Waals surface area contributed by atoms with Gasteiger partial charge in [-0.25, -0.2) is 4.79 Å². The van der Waals surface area contributed by atoms with Gasteiger partial charge in [0.25, 0.3) is 0 Å². The van der Waals surface area contributed by atoms with Gasteiger partial charge in [0, 0.05) is 6.61 Å². The maximum atomic E-state index is 11.6. The zero-order valence-corrected chi connectivity index (χ0v) is 10.6. The number of benzene rings is 1. The number of anilines is 1. The van der Waals surface area contributed by atoms with Crippen LogP contribution < -0.4 is 5.73 Å². The van der Waals surface area contributed by atoms with E-state index in [2.05, 4.69) is 0 Å². The number of aliphatic hydroxyl groups excluding tert-OH is 1. The molecule has 0 bridgehead atoms. The van der Waals surface area contributed by atoms with Crippen molar-refractivity contribution in [2.45, 2.75) is 12.8 Å². The second-order valence-electron chi connectivity index (χ2n) is 3.43. The summed E-state index contributed by atoms with van der Waals surface area (Å²) in [6, 6.07) is 2.83. The van der Waals surface area contributed by atoms with E-state index in [-0.39, 0.29) is 34.5 Å². The molecular formula is C11H13Cl2NO3. The predicted octanol–water partition coefficient (Wildman–Crippen LogP) is 2.50. The van der Waals surface area contributed by atoms with Crippen LogP contribution in [0.3, 0.4) is 0 Å². The molecule has 6 heteroatoms. The highest BCUT2D eigenvalue weighted by Gasteiger charge is 2.12. The Balaban J connectivity index is 2.63. The van der Waals surface area contributed by atoms with Crippen molar-refractivity contribution in [1.82, 2.24) is 0 Å². The molecule has 1 rings (SSSR count). The van der Waals surface area contributed by atoms with E-state index in [0.29, 0.717) is 12.8 Å². The minimum absolute atomic E-state index is 0.0806. The van der Waals surface area contributed by atoms with Gasteiger partial charge in [0.1, 0.15) is 0 Å². The van der Waals surface area contributed by atoms with Crippen molar-refractivity contribution in [3.8, 4) is 0 Å². The van der Waals surface area contributed by atoms with Crippen molar-refractivity contribution in [3.05, 3.63) is 27.7 Å². The van der Waals surface area contributed by atoms with Crippen LogP contribution in [0.15, 0.2) is 12.1 Å². The van der Waals surface area contributed by atoms with Crippen molar-refractivity contribution in [1.29, 1.82) is 0 Å². The fourth-order valence-electron chi connectivity index (χ4n) is 1.19. The number of hydrogen-bond acceptors (Lipinski definition) is 4. The van der Waals surface area contributed by atoms with Gasteiger partial charge in [-0.2, -0.15) is 0 Å². The van der Waals surface area contributed by atoms with Gasteiger partial charge >= 0.3 is 5.97 Å². The quantitative estimate of drug-likeness (QED) is 0.493. The predicted molar refractivity (Wildman–Crippen MR) is 67.5 cm³/mol. The van der Waals surface area contributed by atoms with Crippen molar-refractivity contribution in [3.63, 3.8) is 0 Å². The Bertz CT molecular complexity index is 387. The molecule has 0 aliphatic heterocycles. The summed E-state index contributed by atoms with van der Waals surface area (Å²) in [7, 11) is 0. The molecular weight excluding hydrogens is 265 g/mol. The van der Waals surface area contributed by atoms with Crippen LogP contribution in [0.4, 0.5) is 5.69 Å². The summed E-state index contributed by atoms with van der Waals surface area (Å²) < 4.78 is 4.97. The minimum Gasteiger partial charge on any atom is -0.462 e. The zero-order chi connectivity index (χ0) is 12.8. The molecule has 0 radical (unpaired) electrons. The first-order valence-electron chi connectivity index (χ1n) is 5.08. The third kappa shape index (κ3) is 4.07. The maximum absolute atomic E-state index is 11.6. The molecule has 94 valence electrons. The van der Waals surface area contributed by atoms with Crippen LogP contribution in [0.1, 0.15) is 23.2 Å². The molecule has 0 saturated heterocycles. The van der Waals surface area contributed by atoms with E-state index < -0.39 is 5.97 Å². The number of carbonyl (C=O) groups excluding carboxylic acids is 1. The molecule has 0 aliphatic rings. The van der Waals surface area contributed by atoms with Crippen LogP contribution in [0.25, 0.3) is 0 Å². The van der Waals surface area contributed by atoms with E-state index in [4.69, 9.17) is 38.8 Å². The molecule has 0 atom stereocenters. The smallest absolute Gasteiger partial charge is 0.338 e. The monoisotopic (exact) mass is 277 g/mol. The van der Waals surface area contributed by atoms with Gasteiger partial charge in [-0.3, -0.25) is 0 Å². The highest BCUT2D eigenvalue weighted by atomic mass is 35.5. The lowest BCUT2D eigenvalue weighted by Gasteiger charge is -2.07. The van der Waals surface area contributed by atoms with E-state index >= 15 is 0 Å². The van der Waals surface area contributed by atoms with E-state index in [1.165, 1.54) is 12.1 Å². The summed E-state index contributed by atoms with van der Waals surface area (Å²) in [5.41, 5.74) is 6.08. The van der Waals surface area contributed by atoms with E-state index in [0.717, 1.165) is 0 Å². The molecule has 3 N–H and O–H groups in total. The lowest BCUT2D eigenvalue weighted by atomic mass is 10.2. The summed E-state index contributed by atoms with van der Waals surface area (Å²) in [5, 5.41) is 9.00. The summed E-state index contributed by atoms with van der Waals surface area (Å²) in [4.78, 5) is 11.6. The van der Waals surface area contributed by atoms with E-state index in [9.17, 15) is 4.79 Å². The third-order valence-corrected chi connectivity index (χ3v) is 2.89. The number of nitrogens with two attached hydrogens (primary N) is 1. The van der Waals surface area contributed by atoms with Crippen molar-refractivity contribution in [2.24, 2.45) is 0 Å². The first-order chi connectivity index (χ1) is 8.06. The fraction of sp³-hybridized carbons (Fsp3) is 0.364. The number of rotatable bonds is 5. The number of unbranched alkanes of at least 4 members (excludes halogenated alkanes) is 1. The molecule has 1 aromatic rings. The van der Waals surface area contributed by atoms with E-state index in [1.807, 2.05) is 0 Å². The Kier molecular flexibility index (Phi) is 5.55. The molecule has 4 nitrogen and oxygen atoms in total. The van der Waals surface area contributed by atoms with Crippen LogP contribution in [0, 0.1) is 0 Å². The van der Waals surface area contributed by atoms with Crippen LogP contribution in [0.2, 0.25) is 10.0 Å². The molecule has 0 unspecified atom stereocenters. The number of nitrogen functional groups attached to an aromatic ring is 1. The minimum atomic E-state index is -0.506. The Morgan fingerprint density at radius 3 is 2.65 bits per heavy atom. The second kappa shape index (κ2) is 6.69. The third-order valence-electron chi connectivity index (χ3n) is 2.08. The van der Waals surface area contributed by atoms with Gasteiger partial charge in [-0.15, -0.1) is 0 Å². The molecule has 0 saturated carbocycles. The molecule has 0 spiro atoms. The molecule has 17 heavy (non-hydrogen) atoms. The Labute approximate surface area is 109 Å². The maximum Gasteiger partial charge on any atom is 0.338 e. The standard InChI is InChI=1S/C11H13Cl2NO3/c12-8-5-7(6-9(14)10(8)13)11(16)17-4-2-1-3-15/h5-6,15H,1-4,14H2. The second-order valence-corrected chi connectivity index (χ2v) is 4.21. The van der Waals surface area contributed by atoms with Crippen molar-refractivity contribution < 1.29 is 14.6 Å². The Morgan fingerprint density at radius 2 is 2.06 bits per heavy atom. The number of ether oxygens (including phenoxy) is 1. The lowest BCUT2D eigenvalue weighted by molar-refractivity contribution is 0.0492. The van der Waals surface area contributed by atoms with Gasteiger partial charge in [0.2, 0.25) is 0 Å². The summed E-state index contributed by atoms with van der Waals surface area (Å²) in [6.45, 7) is 0.330. The molecule has 0 fully saturated rings. The van der Waals surface area contributed by atoms with Gasteiger partial charge in [-0.05, 0) is 25.0 Å². The van der Waals surface area contributed by atoms with Gasteiger partial charge < -0.3 is 15.6 Å². The first kappa shape index (κ1) is 14.1.